The van der Waals surface area contributed by atoms with Gasteiger partial charge in [0.15, 0.2) is 0 Å². The van der Waals surface area contributed by atoms with E-state index in [1.54, 1.807) is 50.2 Å². The van der Waals surface area contributed by atoms with Crippen molar-refractivity contribution in [1.82, 2.24) is 10.2 Å². The molecule has 1 heterocycles. The Morgan fingerprint density at radius 3 is 2.52 bits per heavy atom. The molecule has 1 aliphatic rings. The molecule has 1 saturated heterocycles. The number of carbonyl (C=O) groups excluding carboxylic acids is 3. The standard InChI is InChI=1S/C20H20N4O5/c1-3-20(14-7-5-4-6-8-14)18(26)23(19(27)22-20)12-17(25)21-15-10-9-13(2)11-16(15)24(28)29/h4-11H,3,12H2,1-2H3,(H,21,25)(H,22,27)/t20-/m1/s1. The van der Waals surface area contributed by atoms with Gasteiger partial charge in [-0.15, -0.1) is 0 Å². The second-order valence-electron chi connectivity index (χ2n) is 6.77. The van der Waals surface area contributed by atoms with E-state index in [1.165, 1.54) is 12.1 Å². The monoisotopic (exact) mass is 396 g/mol. The Kier molecular flexibility index (Phi) is 5.31. The number of urea groups is 1. The van der Waals surface area contributed by atoms with Crippen LogP contribution in [0.25, 0.3) is 0 Å². The van der Waals surface area contributed by atoms with Gasteiger partial charge in [0, 0.05) is 6.07 Å². The number of imide groups is 1. The summed E-state index contributed by atoms with van der Waals surface area (Å²) in [5.41, 5.74) is -0.211. The molecule has 1 aliphatic heterocycles. The second kappa shape index (κ2) is 7.70. The fourth-order valence-corrected chi connectivity index (χ4v) is 3.36. The Bertz CT molecular complexity index is 992. The van der Waals surface area contributed by atoms with Crippen LogP contribution in [0.1, 0.15) is 24.5 Å². The van der Waals surface area contributed by atoms with E-state index in [1.807, 2.05) is 0 Å². The molecular weight excluding hydrogens is 376 g/mol. The van der Waals surface area contributed by atoms with Gasteiger partial charge in [-0.25, -0.2) is 4.79 Å². The van der Waals surface area contributed by atoms with Crippen LogP contribution in [0.2, 0.25) is 0 Å². The summed E-state index contributed by atoms with van der Waals surface area (Å²) >= 11 is 0. The van der Waals surface area contributed by atoms with Crippen LogP contribution in [-0.4, -0.2) is 34.2 Å². The zero-order valence-corrected chi connectivity index (χ0v) is 16.0. The molecule has 0 unspecified atom stereocenters. The molecule has 0 saturated carbocycles. The fraction of sp³-hybridized carbons (Fsp3) is 0.250. The molecule has 0 radical (unpaired) electrons. The number of carbonyl (C=O) groups is 3. The zero-order valence-electron chi connectivity index (χ0n) is 16.0. The maximum Gasteiger partial charge on any atom is 0.325 e. The summed E-state index contributed by atoms with van der Waals surface area (Å²) in [6, 6.07) is 12.5. The first-order valence-corrected chi connectivity index (χ1v) is 9.03. The molecule has 29 heavy (non-hydrogen) atoms. The lowest BCUT2D eigenvalue weighted by atomic mass is 9.87. The highest BCUT2D eigenvalue weighted by Crippen LogP contribution is 2.32. The lowest BCUT2D eigenvalue weighted by Crippen LogP contribution is -2.44. The van der Waals surface area contributed by atoms with Crippen LogP contribution in [0.4, 0.5) is 16.2 Å². The largest absolute Gasteiger partial charge is 0.325 e. The molecule has 2 aromatic carbocycles. The average molecular weight is 396 g/mol. The predicted octanol–water partition coefficient (Wildman–Crippen LogP) is 2.70. The molecule has 1 fully saturated rings. The molecule has 150 valence electrons. The maximum absolute atomic E-state index is 13.0. The molecule has 0 aromatic heterocycles. The number of hydrogen-bond donors (Lipinski definition) is 2. The van der Waals surface area contributed by atoms with Crippen molar-refractivity contribution in [3.05, 3.63) is 69.8 Å². The van der Waals surface area contributed by atoms with E-state index >= 15 is 0 Å². The van der Waals surface area contributed by atoms with Gasteiger partial charge >= 0.3 is 6.03 Å². The molecular formula is C20H20N4O5. The van der Waals surface area contributed by atoms with Gasteiger partial charge in [0.25, 0.3) is 11.6 Å². The van der Waals surface area contributed by atoms with Crippen molar-refractivity contribution in [2.45, 2.75) is 25.8 Å². The van der Waals surface area contributed by atoms with Crippen molar-refractivity contribution in [1.29, 1.82) is 0 Å². The lowest BCUT2D eigenvalue weighted by molar-refractivity contribution is -0.384. The van der Waals surface area contributed by atoms with Crippen molar-refractivity contribution < 1.29 is 19.3 Å². The van der Waals surface area contributed by atoms with Crippen LogP contribution in [0.3, 0.4) is 0 Å². The van der Waals surface area contributed by atoms with E-state index in [0.29, 0.717) is 17.5 Å². The first kappa shape index (κ1) is 20.0. The summed E-state index contributed by atoms with van der Waals surface area (Å²) in [7, 11) is 0. The van der Waals surface area contributed by atoms with E-state index in [4.69, 9.17) is 0 Å². The Balaban J connectivity index is 1.80. The van der Waals surface area contributed by atoms with Crippen LogP contribution >= 0.6 is 0 Å². The van der Waals surface area contributed by atoms with Gasteiger partial charge in [-0.2, -0.15) is 0 Å². The third-order valence-corrected chi connectivity index (χ3v) is 4.90. The van der Waals surface area contributed by atoms with Gasteiger partial charge in [0.2, 0.25) is 5.91 Å². The number of anilines is 1. The minimum Gasteiger partial charge on any atom is -0.319 e. The normalized spacial score (nSPS) is 18.5. The summed E-state index contributed by atoms with van der Waals surface area (Å²) in [6.45, 7) is 2.91. The first-order valence-electron chi connectivity index (χ1n) is 9.03. The summed E-state index contributed by atoms with van der Waals surface area (Å²) < 4.78 is 0. The number of nitro groups is 1. The minimum absolute atomic E-state index is 0.00229. The Hall–Kier alpha value is -3.75. The Morgan fingerprint density at radius 1 is 1.21 bits per heavy atom. The summed E-state index contributed by atoms with van der Waals surface area (Å²) in [6.07, 6.45) is 0.309. The van der Waals surface area contributed by atoms with Gasteiger partial charge in [-0.05, 0) is 30.5 Å². The molecule has 3 rings (SSSR count). The Morgan fingerprint density at radius 2 is 1.90 bits per heavy atom. The van der Waals surface area contributed by atoms with Crippen molar-refractivity contribution in [2.24, 2.45) is 0 Å². The molecule has 0 bridgehead atoms. The third kappa shape index (κ3) is 3.66. The fourth-order valence-electron chi connectivity index (χ4n) is 3.36. The van der Waals surface area contributed by atoms with Crippen molar-refractivity contribution in [2.75, 3.05) is 11.9 Å². The van der Waals surface area contributed by atoms with Crippen molar-refractivity contribution in [3.8, 4) is 0 Å². The quantitative estimate of drug-likeness (QED) is 0.442. The first-order chi connectivity index (χ1) is 13.8. The Labute approximate surface area is 166 Å². The maximum atomic E-state index is 13.0. The highest BCUT2D eigenvalue weighted by molar-refractivity contribution is 6.10. The smallest absolute Gasteiger partial charge is 0.319 e. The van der Waals surface area contributed by atoms with Gasteiger partial charge in [0.05, 0.1) is 4.92 Å². The van der Waals surface area contributed by atoms with Crippen LogP contribution < -0.4 is 10.6 Å². The predicted molar refractivity (Wildman–Crippen MR) is 105 cm³/mol. The number of hydrogen-bond acceptors (Lipinski definition) is 5. The van der Waals surface area contributed by atoms with E-state index in [9.17, 15) is 24.5 Å². The van der Waals surface area contributed by atoms with E-state index < -0.39 is 34.9 Å². The summed E-state index contributed by atoms with van der Waals surface area (Å²) in [4.78, 5) is 49.4. The number of nitro benzene ring substituents is 1. The van der Waals surface area contributed by atoms with Crippen LogP contribution in [0.15, 0.2) is 48.5 Å². The summed E-state index contributed by atoms with van der Waals surface area (Å²) in [5.74, 6) is -1.25. The SMILES string of the molecule is CC[C@]1(c2ccccc2)NC(=O)N(CC(=O)Nc2ccc(C)cc2[N+](=O)[O-])C1=O. The lowest BCUT2D eigenvalue weighted by Gasteiger charge is -2.25. The molecule has 9 heteroatoms. The topological polar surface area (TPSA) is 122 Å². The number of benzene rings is 2. The number of nitrogens with zero attached hydrogens (tertiary/aromatic N) is 2. The molecule has 2 N–H and O–H groups in total. The van der Waals surface area contributed by atoms with Crippen LogP contribution in [-0.2, 0) is 15.1 Å². The number of nitrogens with one attached hydrogen (secondary N) is 2. The van der Waals surface area contributed by atoms with E-state index in [2.05, 4.69) is 10.6 Å². The molecule has 9 nitrogen and oxygen atoms in total. The van der Waals surface area contributed by atoms with Gasteiger partial charge < -0.3 is 10.6 Å². The number of rotatable bonds is 6. The van der Waals surface area contributed by atoms with Gasteiger partial charge in [-0.3, -0.25) is 24.6 Å². The van der Waals surface area contributed by atoms with E-state index in [0.717, 1.165) is 4.90 Å². The van der Waals surface area contributed by atoms with Crippen LogP contribution in [0, 0.1) is 17.0 Å². The number of amides is 4. The van der Waals surface area contributed by atoms with Gasteiger partial charge in [0.1, 0.15) is 17.8 Å². The average Bonchev–Trinajstić information content (AvgIpc) is 2.95. The van der Waals surface area contributed by atoms with Gasteiger partial charge in [-0.1, -0.05) is 43.3 Å². The van der Waals surface area contributed by atoms with E-state index in [-0.39, 0.29) is 11.4 Å². The highest BCUT2D eigenvalue weighted by atomic mass is 16.6. The minimum atomic E-state index is -1.24. The van der Waals surface area contributed by atoms with Crippen molar-refractivity contribution in [3.63, 3.8) is 0 Å². The molecule has 0 aliphatic carbocycles. The molecule has 2 aromatic rings. The summed E-state index contributed by atoms with van der Waals surface area (Å²) in [5, 5.41) is 16.3. The highest BCUT2D eigenvalue weighted by Gasteiger charge is 2.51. The zero-order chi connectivity index (χ0) is 21.2. The molecule has 0 spiro atoms. The number of aryl methyl sites for hydroxylation is 1. The second-order valence-corrected chi connectivity index (χ2v) is 6.77. The third-order valence-electron chi connectivity index (χ3n) is 4.90. The molecule has 1 atom stereocenters. The van der Waals surface area contributed by atoms with Crippen molar-refractivity contribution >= 4 is 29.2 Å². The molecule has 4 amide bonds. The van der Waals surface area contributed by atoms with Crippen LogP contribution in [0.5, 0.6) is 0 Å².